The second-order valence-electron chi connectivity index (χ2n) is 4.71. The minimum absolute atomic E-state index is 0.00685. The van der Waals surface area contributed by atoms with Crippen LogP contribution in [0.3, 0.4) is 0 Å². The Kier molecular flexibility index (Phi) is 5.12. The summed E-state index contributed by atoms with van der Waals surface area (Å²) in [7, 11) is 0. The van der Waals surface area contributed by atoms with Crippen molar-refractivity contribution in [3.63, 3.8) is 0 Å². The fourth-order valence-electron chi connectivity index (χ4n) is 2.13. The van der Waals surface area contributed by atoms with Crippen LogP contribution in [-0.4, -0.2) is 55.0 Å². The molecule has 108 valence electrons. The number of benzene rings is 1. The first-order valence-corrected chi connectivity index (χ1v) is 6.68. The lowest BCUT2D eigenvalue weighted by Gasteiger charge is -2.34. The molecule has 1 aromatic carbocycles. The molecule has 1 aromatic rings. The number of carbonyl (C=O) groups excluding carboxylic acids is 1. The van der Waals surface area contributed by atoms with Crippen molar-refractivity contribution >= 4 is 5.91 Å². The Hall–Kier alpha value is -1.88. The predicted octanol–water partition coefficient (Wildman–Crippen LogP) is 1.53. The highest BCUT2D eigenvalue weighted by Crippen LogP contribution is 2.11. The average Bonchev–Trinajstić information content (AvgIpc) is 2.47. The lowest BCUT2D eigenvalue weighted by molar-refractivity contribution is -0.135. The molecule has 1 heterocycles. The van der Waals surface area contributed by atoms with E-state index in [0.717, 1.165) is 19.6 Å². The molecule has 4 nitrogen and oxygen atoms in total. The lowest BCUT2D eigenvalue weighted by Crippen LogP contribution is -2.49. The van der Waals surface area contributed by atoms with Crippen molar-refractivity contribution in [2.75, 3.05) is 39.3 Å². The normalized spacial score (nSPS) is 15.9. The van der Waals surface area contributed by atoms with E-state index in [0.29, 0.717) is 18.8 Å². The van der Waals surface area contributed by atoms with Crippen molar-refractivity contribution in [2.45, 2.75) is 0 Å². The number of carbonyl (C=O) groups is 1. The second-order valence-corrected chi connectivity index (χ2v) is 4.71. The van der Waals surface area contributed by atoms with E-state index in [9.17, 15) is 9.18 Å². The zero-order chi connectivity index (χ0) is 14.4. The number of ether oxygens (including phenoxy) is 1. The van der Waals surface area contributed by atoms with Gasteiger partial charge in [-0.05, 0) is 24.3 Å². The summed E-state index contributed by atoms with van der Waals surface area (Å²) in [6, 6.07) is 5.66. The second kappa shape index (κ2) is 7.05. The third kappa shape index (κ3) is 4.06. The minimum Gasteiger partial charge on any atom is -0.484 e. The van der Waals surface area contributed by atoms with Crippen LogP contribution in [-0.2, 0) is 4.79 Å². The van der Waals surface area contributed by atoms with Crippen molar-refractivity contribution in [1.82, 2.24) is 9.80 Å². The van der Waals surface area contributed by atoms with Gasteiger partial charge in [-0.15, -0.1) is 6.58 Å². The Morgan fingerprint density at radius 3 is 2.50 bits per heavy atom. The highest BCUT2D eigenvalue weighted by molar-refractivity contribution is 5.77. The van der Waals surface area contributed by atoms with Gasteiger partial charge in [0.1, 0.15) is 11.6 Å². The Bertz CT molecular complexity index is 453. The number of nitrogens with zero attached hydrogens (tertiary/aromatic N) is 2. The van der Waals surface area contributed by atoms with E-state index in [-0.39, 0.29) is 18.3 Å². The maximum absolute atomic E-state index is 12.7. The predicted molar refractivity (Wildman–Crippen MR) is 75.1 cm³/mol. The van der Waals surface area contributed by atoms with Crippen LogP contribution >= 0.6 is 0 Å². The van der Waals surface area contributed by atoms with E-state index < -0.39 is 0 Å². The number of halogens is 1. The molecule has 5 heteroatoms. The van der Waals surface area contributed by atoms with E-state index >= 15 is 0 Å². The van der Waals surface area contributed by atoms with Crippen molar-refractivity contribution in [1.29, 1.82) is 0 Å². The summed E-state index contributed by atoms with van der Waals surface area (Å²) in [5, 5.41) is 0. The molecule has 1 aliphatic heterocycles. The van der Waals surface area contributed by atoms with Crippen LogP contribution in [0.1, 0.15) is 0 Å². The summed E-state index contributed by atoms with van der Waals surface area (Å²) in [6.07, 6.45) is 1.87. The van der Waals surface area contributed by atoms with Crippen LogP contribution in [0.15, 0.2) is 36.9 Å². The van der Waals surface area contributed by atoms with Gasteiger partial charge in [0.2, 0.25) is 0 Å². The van der Waals surface area contributed by atoms with Gasteiger partial charge in [-0.25, -0.2) is 4.39 Å². The van der Waals surface area contributed by atoms with Gasteiger partial charge in [0.25, 0.3) is 5.91 Å². The van der Waals surface area contributed by atoms with Crippen LogP contribution < -0.4 is 4.74 Å². The molecule has 0 spiro atoms. The number of amides is 1. The number of hydrogen-bond acceptors (Lipinski definition) is 3. The molecule has 0 bridgehead atoms. The molecular formula is C15H19FN2O2. The summed E-state index contributed by atoms with van der Waals surface area (Å²) < 4.78 is 18.1. The van der Waals surface area contributed by atoms with Gasteiger partial charge in [0, 0.05) is 32.7 Å². The largest absolute Gasteiger partial charge is 0.484 e. The summed E-state index contributed by atoms with van der Waals surface area (Å²) in [5.41, 5.74) is 0. The zero-order valence-electron chi connectivity index (χ0n) is 11.4. The summed E-state index contributed by atoms with van der Waals surface area (Å²) in [5.74, 6) is 0.152. The summed E-state index contributed by atoms with van der Waals surface area (Å²) in [4.78, 5) is 16.0. The van der Waals surface area contributed by atoms with Crippen LogP contribution in [0.5, 0.6) is 5.75 Å². The summed E-state index contributed by atoms with van der Waals surface area (Å²) >= 11 is 0. The Balaban J connectivity index is 1.75. The standard InChI is InChI=1S/C15H19FN2O2/c1-2-7-17-8-10-18(11-9-17)15(19)12-20-14-5-3-13(16)4-6-14/h2-6H,1,7-12H2. The van der Waals surface area contributed by atoms with E-state index in [1.165, 1.54) is 24.3 Å². The van der Waals surface area contributed by atoms with Crippen molar-refractivity contribution in [3.05, 3.63) is 42.7 Å². The molecule has 0 aromatic heterocycles. The van der Waals surface area contributed by atoms with E-state index in [4.69, 9.17) is 4.74 Å². The molecule has 0 saturated carbocycles. The number of rotatable bonds is 5. The molecule has 1 aliphatic rings. The first-order chi connectivity index (χ1) is 9.69. The van der Waals surface area contributed by atoms with Crippen LogP contribution in [0, 0.1) is 5.82 Å². The quantitative estimate of drug-likeness (QED) is 0.766. The first-order valence-electron chi connectivity index (χ1n) is 6.68. The molecule has 1 saturated heterocycles. The zero-order valence-corrected chi connectivity index (χ0v) is 11.4. The highest BCUT2D eigenvalue weighted by Gasteiger charge is 2.20. The van der Waals surface area contributed by atoms with Gasteiger partial charge < -0.3 is 9.64 Å². The van der Waals surface area contributed by atoms with Crippen molar-refractivity contribution in [2.24, 2.45) is 0 Å². The van der Waals surface area contributed by atoms with Crippen LogP contribution in [0.2, 0.25) is 0 Å². The third-order valence-corrected chi connectivity index (χ3v) is 3.29. The first kappa shape index (κ1) is 14.5. The SMILES string of the molecule is C=CCN1CCN(C(=O)COc2ccc(F)cc2)CC1. The fraction of sp³-hybridized carbons (Fsp3) is 0.400. The maximum Gasteiger partial charge on any atom is 0.260 e. The minimum atomic E-state index is -0.318. The van der Waals surface area contributed by atoms with Gasteiger partial charge in [0.15, 0.2) is 6.61 Å². The van der Waals surface area contributed by atoms with Crippen LogP contribution in [0.4, 0.5) is 4.39 Å². The van der Waals surface area contributed by atoms with Crippen molar-refractivity contribution < 1.29 is 13.9 Å². The smallest absolute Gasteiger partial charge is 0.260 e. The monoisotopic (exact) mass is 278 g/mol. The molecule has 0 aliphatic carbocycles. The molecule has 2 rings (SSSR count). The van der Waals surface area contributed by atoms with E-state index in [2.05, 4.69) is 11.5 Å². The number of piperazine rings is 1. The number of hydrogen-bond donors (Lipinski definition) is 0. The fourth-order valence-corrected chi connectivity index (χ4v) is 2.13. The Labute approximate surface area is 118 Å². The van der Waals surface area contributed by atoms with Gasteiger partial charge in [-0.2, -0.15) is 0 Å². The molecule has 0 radical (unpaired) electrons. The molecule has 0 unspecified atom stereocenters. The average molecular weight is 278 g/mol. The van der Waals surface area contributed by atoms with Gasteiger partial charge in [0.05, 0.1) is 0 Å². The summed E-state index contributed by atoms with van der Waals surface area (Å²) in [6.45, 7) is 7.68. The highest BCUT2D eigenvalue weighted by atomic mass is 19.1. The molecule has 20 heavy (non-hydrogen) atoms. The Morgan fingerprint density at radius 1 is 1.25 bits per heavy atom. The molecule has 0 N–H and O–H groups in total. The molecule has 0 atom stereocenters. The van der Waals surface area contributed by atoms with Crippen LogP contribution in [0.25, 0.3) is 0 Å². The molecular weight excluding hydrogens is 259 g/mol. The van der Waals surface area contributed by atoms with Crippen molar-refractivity contribution in [3.8, 4) is 5.75 Å². The van der Waals surface area contributed by atoms with Gasteiger partial charge in [-0.1, -0.05) is 6.08 Å². The Morgan fingerprint density at radius 2 is 1.90 bits per heavy atom. The lowest BCUT2D eigenvalue weighted by atomic mass is 10.3. The van der Waals surface area contributed by atoms with Gasteiger partial charge in [-0.3, -0.25) is 9.69 Å². The van der Waals surface area contributed by atoms with E-state index in [1.807, 2.05) is 6.08 Å². The molecule has 1 amide bonds. The topological polar surface area (TPSA) is 32.8 Å². The third-order valence-electron chi connectivity index (χ3n) is 3.29. The maximum atomic E-state index is 12.7. The van der Waals surface area contributed by atoms with E-state index in [1.54, 1.807) is 4.90 Å². The molecule has 1 fully saturated rings. The van der Waals surface area contributed by atoms with Gasteiger partial charge >= 0.3 is 0 Å².